The fourth-order valence-corrected chi connectivity index (χ4v) is 2.90. The van der Waals surface area contributed by atoms with Gasteiger partial charge in [-0.3, -0.25) is 0 Å². The fraction of sp³-hybridized carbons (Fsp3) is 0.500. The highest BCUT2D eigenvalue weighted by Gasteiger charge is 2.15. The van der Waals surface area contributed by atoms with Crippen LogP contribution in [0.3, 0.4) is 0 Å². The van der Waals surface area contributed by atoms with E-state index >= 15 is 0 Å². The van der Waals surface area contributed by atoms with Gasteiger partial charge in [-0.05, 0) is 31.0 Å². The molecule has 0 amide bonds. The molecule has 0 heterocycles. The maximum atomic E-state index is 12.0. The number of benzene rings is 1. The molecule has 0 atom stereocenters. The second-order valence-electron chi connectivity index (χ2n) is 3.89. The van der Waals surface area contributed by atoms with Gasteiger partial charge in [-0.2, -0.15) is 0 Å². The summed E-state index contributed by atoms with van der Waals surface area (Å²) in [6, 6.07) is 4.36. The summed E-state index contributed by atoms with van der Waals surface area (Å²) in [6.45, 7) is 0.992. The fourth-order valence-electron chi connectivity index (χ4n) is 1.48. The van der Waals surface area contributed by atoms with Crippen molar-refractivity contribution < 1.29 is 17.9 Å². The minimum atomic E-state index is -3.53. The topological polar surface area (TPSA) is 64.6 Å². The summed E-state index contributed by atoms with van der Waals surface area (Å²) in [5.74, 6) is 0.445. The number of rotatable bonds is 8. The van der Waals surface area contributed by atoms with Crippen molar-refractivity contribution in [2.45, 2.75) is 17.7 Å². The lowest BCUT2D eigenvalue weighted by atomic mass is 10.3. The Bertz CT molecular complexity index is 504. The summed E-state index contributed by atoms with van der Waals surface area (Å²) in [5.41, 5.74) is 0. The SMILES string of the molecule is COCCCCNS(=O)(=O)c1ccc(OC)c(Cl)c1. The van der Waals surface area contributed by atoms with Crippen molar-refractivity contribution in [3.8, 4) is 5.75 Å². The molecular weight excluding hydrogens is 290 g/mol. The second-order valence-corrected chi connectivity index (χ2v) is 6.07. The van der Waals surface area contributed by atoms with Crippen LogP contribution in [0.4, 0.5) is 0 Å². The van der Waals surface area contributed by atoms with E-state index in [0.29, 0.717) is 18.9 Å². The van der Waals surface area contributed by atoms with Gasteiger partial charge in [0.25, 0.3) is 0 Å². The van der Waals surface area contributed by atoms with E-state index in [1.165, 1.54) is 25.3 Å². The number of methoxy groups -OCH3 is 2. The molecule has 7 heteroatoms. The Hall–Kier alpha value is -0.820. The summed E-state index contributed by atoms with van der Waals surface area (Å²) in [5, 5.41) is 0.268. The zero-order chi connectivity index (χ0) is 14.3. The first-order valence-electron chi connectivity index (χ1n) is 5.83. The highest BCUT2D eigenvalue weighted by molar-refractivity contribution is 7.89. The van der Waals surface area contributed by atoms with Crippen LogP contribution in [0.25, 0.3) is 0 Å². The van der Waals surface area contributed by atoms with Gasteiger partial charge in [-0.15, -0.1) is 0 Å². The minimum Gasteiger partial charge on any atom is -0.495 e. The smallest absolute Gasteiger partial charge is 0.240 e. The maximum Gasteiger partial charge on any atom is 0.240 e. The summed E-state index contributed by atoms with van der Waals surface area (Å²) < 4.78 is 36.3. The van der Waals surface area contributed by atoms with Crippen LogP contribution in [-0.2, 0) is 14.8 Å². The van der Waals surface area contributed by atoms with Crippen LogP contribution in [0.2, 0.25) is 5.02 Å². The highest BCUT2D eigenvalue weighted by atomic mass is 35.5. The van der Waals surface area contributed by atoms with Crippen LogP contribution >= 0.6 is 11.6 Å². The first kappa shape index (κ1) is 16.2. The number of nitrogens with one attached hydrogen (secondary N) is 1. The summed E-state index contributed by atoms with van der Waals surface area (Å²) in [7, 11) is -0.436. The molecule has 0 aromatic heterocycles. The lowest BCUT2D eigenvalue weighted by Gasteiger charge is -2.08. The van der Waals surface area contributed by atoms with Gasteiger partial charge in [0.15, 0.2) is 0 Å². The van der Waals surface area contributed by atoms with Crippen LogP contribution in [0.15, 0.2) is 23.1 Å². The van der Waals surface area contributed by atoms with E-state index < -0.39 is 10.0 Å². The van der Waals surface area contributed by atoms with Crippen LogP contribution in [0.1, 0.15) is 12.8 Å². The van der Waals surface area contributed by atoms with Crippen molar-refractivity contribution >= 4 is 21.6 Å². The highest BCUT2D eigenvalue weighted by Crippen LogP contribution is 2.26. The third-order valence-electron chi connectivity index (χ3n) is 2.50. The Morgan fingerprint density at radius 2 is 2.00 bits per heavy atom. The normalized spacial score (nSPS) is 11.5. The first-order chi connectivity index (χ1) is 9.01. The molecule has 1 N–H and O–H groups in total. The van der Waals surface area contributed by atoms with Gasteiger partial charge in [-0.1, -0.05) is 11.6 Å². The molecule has 108 valence electrons. The van der Waals surface area contributed by atoms with Crippen molar-refractivity contribution in [1.29, 1.82) is 0 Å². The lowest BCUT2D eigenvalue weighted by molar-refractivity contribution is 0.193. The van der Waals surface area contributed by atoms with Crippen molar-refractivity contribution in [3.05, 3.63) is 23.2 Å². The van der Waals surface area contributed by atoms with Crippen molar-refractivity contribution in [2.24, 2.45) is 0 Å². The molecule has 0 fully saturated rings. The molecule has 1 rings (SSSR count). The van der Waals surface area contributed by atoms with E-state index in [0.717, 1.165) is 12.8 Å². The predicted molar refractivity (Wildman–Crippen MR) is 74.3 cm³/mol. The van der Waals surface area contributed by atoms with Gasteiger partial charge < -0.3 is 9.47 Å². The Labute approximate surface area is 118 Å². The Morgan fingerprint density at radius 3 is 2.58 bits per heavy atom. The summed E-state index contributed by atoms with van der Waals surface area (Å²) in [6.07, 6.45) is 1.53. The van der Waals surface area contributed by atoms with E-state index in [1.807, 2.05) is 0 Å². The number of sulfonamides is 1. The van der Waals surface area contributed by atoms with E-state index in [2.05, 4.69) is 4.72 Å². The van der Waals surface area contributed by atoms with Gasteiger partial charge >= 0.3 is 0 Å². The quantitative estimate of drug-likeness (QED) is 0.747. The minimum absolute atomic E-state index is 0.130. The van der Waals surface area contributed by atoms with Gasteiger partial charge in [-0.25, -0.2) is 13.1 Å². The Balaban J connectivity index is 2.64. The molecule has 0 aliphatic rings. The molecule has 0 aliphatic heterocycles. The molecule has 0 saturated carbocycles. The molecule has 1 aromatic carbocycles. The van der Waals surface area contributed by atoms with Crippen molar-refractivity contribution in [2.75, 3.05) is 27.4 Å². The molecule has 0 radical (unpaired) electrons. The number of halogens is 1. The average molecular weight is 308 g/mol. The Morgan fingerprint density at radius 1 is 1.26 bits per heavy atom. The predicted octanol–water partition coefficient (Wildman–Crippen LogP) is 2.05. The number of unbranched alkanes of at least 4 members (excludes halogenated alkanes) is 1. The molecule has 0 saturated heterocycles. The van der Waals surface area contributed by atoms with Crippen LogP contribution in [-0.4, -0.2) is 35.8 Å². The summed E-state index contributed by atoms with van der Waals surface area (Å²) in [4.78, 5) is 0.130. The van der Waals surface area contributed by atoms with E-state index in [-0.39, 0.29) is 9.92 Å². The monoisotopic (exact) mass is 307 g/mol. The third kappa shape index (κ3) is 4.99. The van der Waals surface area contributed by atoms with Gasteiger partial charge in [0.1, 0.15) is 5.75 Å². The summed E-state index contributed by atoms with van der Waals surface area (Å²) >= 11 is 5.90. The average Bonchev–Trinajstić information content (AvgIpc) is 2.38. The molecule has 0 unspecified atom stereocenters. The zero-order valence-electron chi connectivity index (χ0n) is 11.0. The molecular formula is C12H18ClNO4S. The van der Waals surface area contributed by atoms with Crippen LogP contribution < -0.4 is 9.46 Å². The Kier molecular flexibility index (Phi) is 6.57. The standard InChI is InChI=1S/C12H18ClNO4S/c1-17-8-4-3-7-14-19(15,16)10-5-6-12(18-2)11(13)9-10/h5-6,9,14H,3-4,7-8H2,1-2H3. The van der Waals surface area contributed by atoms with E-state index in [1.54, 1.807) is 7.11 Å². The number of hydrogen-bond acceptors (Lipinski definition) is 4. The third-order valence-corrected chi connectivity index (χ3v) is 4.25. The van der Waals surface area contributed by atoms with Crippen molar-refractivity contribution in [1.82, 2.24) is 4.72 Å². The van der Waals surface area contributed by atoms with Gasteiger partial charge in [0.2, 0.25) is 10.0 Å². The number of hydrogen-bond donors (Lipinski definition) is 1. The van der Waals surface area contributed by atoms with Crippen LogP contribution in [0, 0.1) is 0 Å². The van der Waals surface area contributed by atoms with Gasteiger partial charge in [0.05, 0.1) is 17.0 Å². The van der Waals surface area contributed by atoms with Crippen LogP contribution in [0.5, 0.6) is 5.75 Å². The molecule has 5 nitrogen and oxygen atoms in total. The largest absolute Gasteiger partial charge is 0.495 e. The molecule has 0 spiro atoms. The molecule has 19 heavy (non-hydrogen) atoms. The number of ether oxygens (including phenoxy) is 2. The molecule has 0 bridgehead atoms. The van der Waals surface area contributed by atoms with E-state index in [9.17, 15) is 8.42 Å². The van der Waals surface area contributed by atoms with Gasteiger partial charge in [0, 0.05) is 20.3 Å². The van der Waals surface area contributed by atoms with E-state index in [4.69, 9.17) is 21.1 Å². The molecule has 0 aliphatic carbocycles. The van der Waals surface area contributed by atoms with Crippen molar-refractivity contribution in [3.63, 3.8) is 0 Å². The molecule has 1 aromatic rings. The lowest BCUT2D eigenvalue weighted by Crippen LogP contribution is -2.25. The first-order valence-corrected chi connectivity index (χ1v) is 7.69. The second kappa shape index (κ2) is 7.69. The maximum absolute atomic E-state index is 12.0. The zero-order valence-corrected chi connectivity index (χ0v) is 12.6.